The Morgan fingerprint density at radius 1 is 0.931 bits per heavy atom. The van der Waals surface area contributed by atoms with Gasteiger partial charge in [0.2, 0.25) is 0 Å². The van der Waals surface area contributed by atoms with Crippen LogP contribution in [0.25, 0.3) is 22.7 Å². The van der Waals surface area contributed by atoms with Crippen LogP contribution in [0.5, 0.6) is 0 Å². The highest BCUT2D eigenvalue weighted by Crippen LogP contribution is 2.29. The van der Waals surface area contributed by atoms with Crippen LogP contribution in [0.1, 0.15) is 5.56 Å². The Hall–Kier alpha value is -3.77. The third-order valence-electron chi connectivity index (χ3n) is 4.49. The Bertz CT molecular complexity index is 1250. The molecule has 4 aromatic rings. The van der Waals surface area contributed by atoms with Gasteiger partial charge in [-0.2, -0.15) is 0 Å². The van der Waals surface area contributed by atoms with Crippen LogP contribution in [-0.4, -0.2) is 21.6 Å². The van der Waals surface area contributed by atoms with E-state index in [1.807, 2.05) is 48.5 Å². The summed E-state index contributed by atoms with van der Waals surface area (Å²) >= 11 is 6.01. The molecule has 1 N–H and O–H groups in total. The fourth-order valence-corrected chi connectivity index (χ4v) is 3.24. The van der Waals surface area contributed by atoms with Crippen LogP contribution in [-0.2, 0) is 4.79 Å². The molecule has 0 spiro atoms. The van der Waals surface area contributed by atoms with Crippen LogP contribution >= 0.6 is 11.6 Å². The predicted molar refractivity (Wildman–Crippen MR) is 111 cm³/mol. The number of amides is 1. The van der Waals surface area contributed by atoms with Crippen molar-refractivity contribution in [1.82, 2.24) is 9.97 Å². The zero-order valence-corrected chi connectivity index (χ0v) is 15.7. The van der Waals surface area contributed by atoms with E-state index in [1.54, 1.807) is 24.5 Å². The summed E-state index contributed by atoms with van der Waals surface area (Å²) in [7, 11) is 0. The first-order chi connectivity index (χ1) is 14.2. The third-order valence-corrected chi connectivity index (χ3v) is 4.74. The average molecular weight is 401 g/mol. The molecule has 7 heteroatoms. The lowest BCUT2D eigenvalue weighted by molar-refractivity contribution is -0.110. The molecule has 6 nitrogen and oxygen atoms in total. The lowest BCUT2D eigenvalue weighted by Gasteiger charge is -2.06. The van der Waals surface area contributed by atoms with Gasteiger partial charge in [-0.15, -0.1) is 0 Å². The minimum atomic E-state index is -0.286. The van der Waals surface area contributed by atoms with E-state index >= 15 is 0 Å². The number of rotatable bonds is 3. The van der Waals surface area contributed by atoms with Gasteiger partial charge in [0.25, 0.3) is 11.9 Å². The third kappa shape index (κ3) is 3.30. The molecular formula is C22H13ClN4O2. The molecule has 3 heterocycles. The van der Waals surface area contributed by atoms with Gasteiger partial charge in [0.05, 0.1) is 17.6 Å². The quantitative estimate of drug-likeness (QED) is 0.517. The molecule has 1 amide bonds. The number of furan rings is 1. The summed E-state index contributed by atoms with van der Waals surface area (Å²) in [5.41, 5.74) is 3.78. The maximum Gasteiger partial charge on any atom is 0.275 e. The average Bonchev–Trinajstić information content (AvgIpc) is 3.37. The van der Waals surface area contributed by atoms with Gasteiger partial charge >= 0.3 is 0 Å². The highest BCUT2D eigenvalue weighted by Gasteiger charge is 2.26. The summed E-state index contributed by atoms with van der Waals surface area (Å²) in [6.07, 6.45) is 1.58. The molecule has 0 aliphatic carbocycles. The van der Waals surface area contributed by atoms with Crippen molar-refractivity contribution in [1.29, 1.82) is 0 Å². The fraction of sp³-hybridized carbons (Fsp3) is 0. The maximum atomic E-state index is 12.4. The van der Waals surface area contributed by atoms with Crippen molar-refractivity contribution in [2.75, 3.05) is 5.32 Å². The highest BCUT2D eigenvalue weighted by molar-refractivity contribution is 6.54. The predicted octanol–water partition coefficient (Wildman–Crippen LogP) is 5.13. The van der Waals surface area contributed by atoms with Crippen molar-refractivity contribution in [3.05, 3.63) is 83.6 Å². The van der Waals surface area contributed by atoms with Gasteiger partial charge in [0.15, 0.2) is 5.76 Å². The van der Waals surface area contributed by atoms with Gasteiger partial charge in [0.1, 0.15) is 11.4 Å². The number of hydrogen-bond donors (Lipinski definition) is 1. The lowest BCUT2D eigenvalue weighted by atomic mass is 10.1. The number of carbonyl (C=O) groups is 1. The fourth-order valence-electron chi connectivity index (χ4n) is 3.12. The first kappa shape index (κ1) is 17.3. The molecule has 29 heavy (non-hydrogen) atoms. The highest BCUT2D eigenvalue weighted by atomic mass is 35.5. The summed E-state index contributed by atoms with van der Waals surface area (Å²) in [6, 6.07) is 20.1. The summed E-state index contributed by atoms with van der Waals surface area (Å²) in [5.74, 6) is 0.470. The molecule has 2 aromatic heterocycles. The van der Waals surface area contributed by atoms with E-state index in [0.29, 0.717) is 22.2 Å². The van der Waals surface area contributed by atoms with E-state index < -0.39 is 0 Å². The monoisotopic (exact) mass is 400 g/mol. The van der Waals surface area contributed by atoms with Crippen LogP contribution in [0.2, 0.25) is 5.02 Å². The summed E-state index contributed by atoms with van der Waals surface area (Å²) in [6.45, 7) is 0. The Morgan fingerprint density at radius 3 is 2.52 bits per heavy atom. The van der Waals surface area contributed by atoms with Crippen LogP contribution in [0, 0.1) is 0 Å². The second kappa shape index (κ2) is 7.00. The second-order valence-electron chi connectivity index (χ2n) is 6.38. The molecule has 0 radical (unpaired) electrons. The lowest BCUT2D eigenvalue weighted by Crippen LogP contribution is -2.14. The van der Waals surface area contributed by atoms with Crippen LogP contribution in [0.3, 0.4) is 0 Å². The minimum Gasteiger partial charge on any atom is -0.463 e. The Morgan fingerprint density at radius 2 is 1.72 bits per heavy atom. The number of para-hydroxylation sites is 1. The van der Waals surface area contributed by atoms with Crippen LogP contribution < -0.4 is 5.32 Å². The van der Waals surface area contributed by atoms with E-state index in [0.717, 1.165) is 16.8 Å². The molecule has 0 saturated carbocycles. The van der Waals surface area contributed by atoms with Gasteiger partial charge in [-0.05, 0) is 36.4 Å². The number of aliphatic imine (C=N–C) groups is 1. The van der Waals surface area contributed by atoms with Crippen LogP contribution in [0.4, 0.5) is 11.6 Å². The van der Waals surface area contributed by atoms with Crippen LogP contribution in [0.15, 0.2) is 82.4 Å². The minimum absolute atomic E-state index is 0.172. The first-order valence-corrected chi connectivity index (χ1v) is 9.23. The van der Waals surface area contributed by atoms with Gasteiger partial charge < -0.3 is 9.73 Å². The number of fused-ring (bicyclic) bond motifs is 1. The summed E-state index contributed by atoms with van der Waals surface area (Å²) in [5, 5.41) is 3.44. The van der Waals surface area contributed by atoms with Crippen molar-refractivity contribution < 1.29 is 9.21 Å². The number of halogens is 1. The van der Waals surface area contributed by atoms with Crippen molar-refractivity contribution in [2.24, 2.45) is 4.99 Å². The van der Waals surface area contributed by atoms with Gasteiger partial charge in [-0.3, -0.25) is 4.79 Å². The van der Waals surface area contributed by atoms with E-state index in [-0.39, 0.29) is 17.6 Å². The number of hydrogen-bond acceptors (Lipinski definition) is 5. The number of nitrogens with zero attached hydrogens (tertiary/aromatic N) is 3. The Kier molecular flexibility index (Phi) is 4.18. The van der Waals surface area contributed by atoms with E-state index in [1.165, 1.54) is 0 Å². The molecule has 1 aliphatic rings. The zero-order valence-electron chi connectivity index (χ0n) is 15.0. The number of aromatic nitrogens is 2. The summed E-state index contributed by atoms with van der Waals surface area (Å²) in [4.78, 5) is 25.9. The second-order valence-corrected chi connectivity index (χ2v) is 6.82. The standard InChI is InChI=1S/C22H13ClN4O2/c23-14-9-7-13(8-10-14)17-12-18(19-6-3-11-29-19)26-22(25-17)27-20-15-4-1-2-5-16(15)24-21(20)28/h1-12H,(H,24,25,26,27,28). The normalized spacial score (nSPS) is 14.1. The molecule has 0 atom stereocenters. The zero-order chi connectivity index (χ0) is 19.8. The Labute approximate surface area is 170 Å². The first-order valence-electron chi connectivity index (χ1n) is 8.86. The SMILES string of the molecule is O=C1Nc2ccccc2/C1=N/c1nc(-c2ccc(Cl)cc2)cc(-c2ccco2)n1. The number of nitrogens with one attached hydrogen (secondary N) is 1. The molecular weight excluding hydrogens is 388 g/mol. The molecule has 0 unspecified atom stereocenters. The van der Waals surface area contributed by atoms with Crippen molar-refractivity contribution >= 4 is 34.9 Å². The maximum absolute atomic E-state index is 12.4. The van der Waals surface area contributed by atoms with Crippen molar-refractivity contribution in [3.8, 4) is 22.7 Å². The molecule has 0 saturated heterocycles. The van der Waals surface area contributed by atoms with Gasteiger partial charge in [-0.25, -0.2) is 15.0 Å². The number of carbonyl (C=O) groups excluding carboxylic acids is 1. The molecule has 5 rings (SSSR count). The molecule has 1 aliphatic heterocycles. The van der Waals surface area contributed by atoms with E-state index in [2.05, 4.69) is 20.3 Å². The van der Waals surface area contributed by atoms with Gasteiger partial charge in [-0.1, -0.05) is 41.9 Å². The molecule has 140 valence electrons. The van der Waals surface area contributed by atoms with E-state index in [4.69, 9.17) is 16.0 Å². The molecule has 0 fully saturated rings. The molecule has 0 bridgehead atoms. The van der Waals surface area contributed by atoms with Crippen molar-refractivity contribution in [2.45, 2.75) is 0 Å². The molecule has 2 aromatic carbocycles. The van der Waals surface area contributed by atoms with Gasteiger partial charge in [0, 0.05) is 16.1 Å². The largest absolute Gasteiger partial charge is 0.463 e. The van der Waals surface area contributed by atoms with Crippen molar-refractivity contribution in [3.63, 3.8) is 0 Å². The topological polar surface area (TPSA) is 80.4 Å². The smallest absolute Gasteiger partial charge is 0.275 e. The van der Waals surface area contributed by atoms with E-state index in [9.17, 15) is 4.79 Å². The summed E-state index contributed by atoms with van der Waals surface area (Å²) < 4.78 is 5.49. The Balaban J connectivity index is 1.67. The number of anilines is 1. The number of benzene rings is 2.